The van der Waals surface area contributed by atoms with Gasteiger partial charge >= 0.3 is 0 Å². The number of aryl methyl sites for hydroxylation is 1. The quantitative estimate of drug-likeness (QED) is 0.813. The van der Waals surface area contributed by atoms with E-state index in [4.69, 9.17) is 18.0 Å². The molecule has 0 bridgehead atoms. The molecular formula is C11H12FN5S. The number of thiocarbonyl (C=S) groups is 1. The third-order valence-electron chi connectivity index (χ3n) is 2.33. The summed E-state index contributed by atoms with van der Waals surface area (Å²) in [6.07, 6.45) is 1.60. The number of hydrogen-bond acceptors (Lipinski definition) is 4. The van der Waals surface area contributed by atoms with E-state index in [2.05, 4.69) is 15.4 Å². The summed E-state index contributed by atoms with van der Waals surface area (Å²) in [7, 11) is 1.78. The molecule has 0 amide bonds. The second-order valence-electron chi connectivity index (χ2n) is 3.75. The van der Waals surface area contributed by atoms with Crippen molar-refractivity contribution in [2.24, 2.45) is 12.8 Å². The van der Waals surface area contributed by atoms with Gasteiger partial charge in [0.25, 0.3) is 0 Å². The first-order valence-electron chi connectivity index (χ1n) is 5.24. The van der Waals surface area contributed by atoms with Crippen LogP contribution < -0.4 is 11.1 Å². The van der Waals surface area contributed by atoms with Gasteiger partial charge in [0.2, 0.25) is 0 Å². The maximum atomic E-state index is 13.6. The van der Waals surface area contributed by atoms with E-state index in [-0.39, 0.29) is 10.6 Å². The highest BCUT2D eigenvalue weighted by Crippen LogP contribution is 2.15. The summed E-state index contributed by atoms with van der Waals surface area (Å²) in [5.74, 6) is 0.192. The third-order valence-corrected chi connectivity index (χ3v) is 2.55. The van der Waals surface area contributed by atoms with E-state index in [1.807, 2.05) is 0 Å². The van der Waals surface area contributed by atoms with Crippen LogP contribution in [0.25, 0.3) is 0 Å². The Morgan fingerprint density at radius 3 is 2.89 bits per heavy atom. The van der Waals surface area contributed by atoms with Crippen molar-refractivity contribution in [1.29, 1.82) is 0 Å². The highest BCUT2D eigenvalue weighted by atomic mass is 32.1. The van der Waals surface area contributed by atoms with E-state index in [1.165, 1.54) is 6.07 Å². The predicted octanol–water partition coefficient (Wildman–Crippen LogP) is 1.20. The molecule has 0 fully saturated rings. The van der Waals surface area contributed by atoms with Gasteiger partial charge < -0.3 is 11.1 Å². The third kappa shape index (κ3) is 2.80. The van der Waals surface area contributed by atoms with Gasteiger partial charge in [0.1, 0.15) is 17.1 Å². The molecule has 0 aliphatic rings. The zero-order valence-electron chi connectivity index (χ0n) is 9.72. The minimum Gasteiger partial charge on any atom is -0.389 e. The Hall–Kier alpha value is -2.02. The standard InChI is InChI=1S/C11H12FN5S/c1-17-6-15-10(16-17)5-14-7-2-3-8(11(13)18)9(12)4-7/h2-4,6,14H,5H2,1H3,(H2,13,18). The predicted molar refractivity (Wildman–Crippen MR) is 70.6 cm³/mol. The highest BCUT2D eigenvalue weighted by Gasteiger charge is 2.06. The zero-order valence-corrected chi connectivity index (χ0v) is 10.5. The van der Waals surface area contributed by atoms with Crippen LogP contribution in [0.1, 0.15) is 11.4 Å². The normalized spacial score (nSPS) is 10.3. The van der Waals surface area contributed by atoms with Crippen LogP contribution in [-0.4, -0.2) is 19.8 Å². The minimum atomic E-state index is -0.443. The summed E-state index contributed by atoms with van der Waals surface area (Å²) in [4.78, 5) is 4.10. The summed E-state index contributed by atoms with van der Waals surface area (Å²) in [5.41, 5.74) is 6.25. The number of nitrogens with two attached hydrogens (primary N) is 1. The van der Waals surface area contributed by atoms with Crippen LogP contribution in [0.5, 0.6) is 0 Å². The molecule has 0 atom stereocenters. The second kappa shape index (κ2) is 5.09. The summed E-state index contributed by atoms with van der Waals surface area (Å²) in [6.45, 7) is 0.423. The number of anilines is 1. The molecule has 5 nitrogen and oxygen atoms in total. The largest absolute Gasteiger partial charge is 0.389 e. The van der Waals surface area contributed by atoms with Crippen LogP contribution >= 0.6 is 12.2 Å². The lowest BCUT2D eigenvalue weighted by Crippen LogP contribution is -2.12. The maximum Gasteiger partial charge on any atom is 0.169 e. The Balaban J connectivity index is 2.06. The van der Waals surface area contributed by atoms with Gasteiger partial charge in [0, 0.05) is 18.3 Å². The van der Waals surface area contributed by atoms with Crippen molar-refractivity contribution in [3.63, 3.8) is 0 Å². The van der Waals surface area contributed by atoms with Crippen molar-refractivity contribution in [1.82, 2.24) is 14.8 Å². The molecule has 1 aromatic heterocycles. The molecule has 18 heavy (non-hydrogen) atoms. The van der Waals surface area contributed by atoms with Crippen LogP contribution in [0.15, 0.2) is 24.5 Å². The molecule has 0 spiro atoms. The SMILES string of the molecule is Cn1cnc(CNc2ccc(C(N)=S)c(F)c2)n1. The van der Waals surface area contributed by atoms with E-state index in [0.29, 0.717) is 18.1 Å². The van der Waals surface area contributed by atoms with Crippen LogP contribution in [0.4, 0.5) is 10.1 Å². The molecule has 2 aromatic rings. The van der Waals surface area contributed by atoms with Gasteiger partial charge in [-0.15, -0.1) is 0 Å². The number of hydrogen-bond donors (Lipinski definition) is 2. The van der Waals surface area contributed by atoms with Crippen molar-refractivity contribution in [3.05, 3.63) is 41.7 Å². The fourth-order valence-corrected chi connectivity index (χ4v) is 1.64. The molecule has 1 aromatic carbocycles. The highest BCUT2D eigenvalue weighted by molar-refractivity contribution is 7.80. The zero-order chi connectivity index (χ0) is 13.1. The number of benzene rings is 1. The number of nitrogens with zero attached hydrogens (tertiary/aromatic N) is 3. The molecule has 0 unspecified atom stereocenters. The molecule has 2 rings (SSSR count). The first-order valence-corrected chi connectivity index (χ1v) is 5.65. The topological polar surface area (TPSA) is 68.8 Å². The Morgan fingerprint density at radius 1 is 1.56 bits per heavy atom. The Bertz CT molecular complexity index is 581. The second-order valence-corrected chi connectivity index (χ2v) is 4.19. The summed E-state index contributed by atoms with van der Waals surface area (Å²) >= 11 is 4.73. The lowest BCUT2D eigenvalue weighted by atomic mass is 10.2. The Labute approximate surface area is 109 Å². The molecule has 0 aliphatic carbocycles. The van der Waals surface area contributed by atoms with Crippen molar-refractivity contribution in [3.8, 4) is 0 Å². The van der Waals surface area contributed by atoms with E-state index >= 15 is 0 Å². The molecule has 0 radical (unpaired) electrons. The van der Waals surface area contributed by atoms with Crippen molar-refractivity contribution >= 4 is 22.9 Å². The van der Waals surface area contributed by atoms with Gasteiger partial charge in [-0.3, -0.25) is 4.68 Å². The molecule has 3 N–H and O–H groups in total. The van der Waals surface area contributed by atoms with E-state index < -0.39 is 5.82 Å². The Kier molecular flexibility index (Phi) is 3.52. The molecule has 1 heterocycles. The first kappa shape index (κ1) is 12.4. The van der Waals surface area contributed by atoms with Gasteiger partial charge in [-0.25, -0.2) is 9.37 Å². The lowest BCUT2D eigenvalue weighted by molar-refractivity contribution is 0.626. The van der Waals surface area contributed by atoms with Crippen molar-refractivity contribution in [2.45, 2.75) is 6.54 Å². The average Bonchev–Trinajstić information content (AvgIpc) is 2.72. The summed E-state index contributed by atoms with van der Waals surface area (Å²) < 4.78 is 15.2. The number of rotatable bonds is 4. The van der Waals surface area contributed by atoms with Gasteiger partial charge in [-0.1, -0.05) is 12.2 Å². The summed E-state index contributed by atoms with van der Waals surface area (Å²) in [6, 6.07) is 4.60. The average molecular weight is 265 g/mol. The maximum absolute atomic E-state index is 13.6. The van der Waals surface area contributed by atoms with Gasteiger partial charge in [-0.2, -0.15) is 5.10 Å². The van der Waals surface area contributed by atoms with E-state index in [1.54, 1.807) is 30.2 Å². The van der Waals surface area contributed by atoms with E-state index in [0.717, 1.165) is 0 Å². The first-order chi connectivity index (χ1) is 8.56. The number of nitrogens with one attached hydrogen (secondary N) is 1. The fraction of sp³-hybridized carbons (Fsp3) is 0.182. The molecule has 94 valence electrons. The van der Waals surface area contributed by atoms with Crippen LogP contribution in [0, 0.1) is 5.82 Å². The van der Waals surface area contributed by atoms with Crippen LogP contribution in [-0.2, 0) is 13.6 Å². The number of aromatic nitrogens is 3. The Morgan fingerprint density at radius 2 is 2.33 bits per heavy atom. The van der Waals surface area contributed by atoms with Crippen molar-refractivity contribution < 1.29 is 4.39 Å². The van der Waals surface area contributed by atoms with Gasteiger partial charge in [-0.05, 0) is 18.2 Å². The minimum absolute atomic E-state index is 0.0467. The lowest BCUT2D eigenvalue weighted by Gasteiger charge is -2.06. The molecule has 0 aliphatic heterocycles. The van der Waals surface area contributed by atoms with Crippen LogP contribution in [0.2, 0.25) is 0 Å². The smallest absolute Gasteiger partial charge is 0.169 e. The van der Waals surface area contributed by atoms with Gasteiger partial charge in [0.15, 0.2) is 5.82 Å². The van der Waals surface area contributed by atoms with Gasteiger partial charge in [0.05, 0.1) is 6.54 Å². The number of halogens is 1. The monoisotopic (exact) mass is 265 g/mol. The fourth-order valence-electron chi connectivity index (χ4n) is 1.47. The molecule has 0 saturated heterocycles. The van der Waals surface area contributed by atoms with Crippen molar-refractivity contribution in [2.75, 3.05) is 5.32 Å². The van der Waals surface area contributed by atoms with E-state index in [9.17, 15) is 4.39 Å². The molecule has 7 heteroatoms. The van der Waals surface area contributed by atoms with Crippen LogP contribution in [0.3, 0.4) is 0 Å². The molecule has 0 saturated carbocycles. The molecular weight excluding hydrogens is 253 g/mol. The summed E-state index contributed by atoms with van der Waals surface area (Å²) in [5, 5.41) is 7.12.